The van der Waals surface area contributed by atoms with E-state index in [1.54, 1.807) is 7.05 Å². The number of rotatable bonds is 9. The molecule has 0 amide bonds. The number of hydrogen-bond acceptors (Lipinski definition) is 4. The average Bonchev–Trinajstić information content (AvgIpc) is 2.79. The summed E-state index contributed by atoms with van der Waals surface area (Å²) in [6, 6.07) is 0. The molecule has 1 fully saturated rings. The SMILES string of the molecule is CN=C(NCCCOCC(C)C)NCCN1CCCS1(=O)=O. The number of aliphatic imine (C=N–C) groups is 1. The number of nitrogens with zero attached hydrogens (tertiary/aromatic N) is 2. The van der Waals surface area contributed by atoms with Crippen molar-refractivity contribution in [1.29, 1.82) is 0 Å². The van der Waals surface area contributed by atoms with Crippen molar-refractivity contribution in [3.8, 4) is 0 Å². The van der Waals surface area contributed by atoms with E-state index in [4.69, 9.17) is 4.74 Å². The summed E-state index contributed by atoms with van der Waals surface area (Å²) in [6.07, 6.45) is 1.64. The lowest BCUT2D eigenvalue weighted by molar-refractivity contribution is 0.108. The van der Waals surface area contributed by atoms with Crippen molar-refractivity contribution in [3.05, 3.63) is 0 Å². The first-order valence-electron chi connectivity index (χ1n) is 7.96. The molecule has 0 spiro atoms. The van der Waals surface area contributed by atoms with Crippen LogP contribution in [0, 0.1) is 5.92 Å². The molecule has 0 saturated carbocycles. The lowest BCUT2D eigenvalue weighted by Crippen LogP contribution is -2.42. The molecule has 0 unspecified atom stereocenters. The number of nitrogens with one attached hydrogen (secondary N) is 2. The highest BCUT2D eigenvalue weighted by atomic mass is 32.2. The molecule has 1 aliphatic rings. The molecule has 0 atom stereocenters. The Morgan fingerprint density at radius 2 is 2.05 bits per heavy atom. The third-order valence-corrected chi connectivity index (χ3v) is 5.25. The van der Waals surface area contributed by atoms with Crippen molar-refractivity contribution in [2.24, 2.45) is 10.9 Å². The Morgan fingerprint density at radius 3 is 2.64 bits per heavy atom. The zero-order valence-electron chi connectivity index (χ0n) is 14.0. The summed E-state index contributed by atoms with van der Waals surface area (Å²) < 4.78 is 30.4. The second-order valence-corrected chi connectivity index (χ2v) is 7.91. The fourth-order valence-electron chi connectivity index (χ4n) is 2.16. The van der Waals surface area contributed by atoms with E-state index in [0.717, 1.165) is 32.6 Å². The van der Waals surface area contributed by atoms with Crippen LogP contribution in [-0.2, 0) is 14.8 Å². The van der Waals surface area contributed by atoms with Crippen molar-refractivity contribution in [2.75, 3.05) is 52.2 Å². The Kier molecular flexibility index (Phi) is 8.74. The number of guanidine groups is 1. The van der Waals surface area contributed by atoms with Gasteiger partial charge in [-0.2, -0.15) is 0 Å². The van der Waals surface area contributed by atoms with Gasteiger partial charge in [0.05, 0.1) is 5.75 Å². The van der Waals surface area contributed by atoms with Crippen LogP contribution in [0.3, 0.4) is 0 Å². The molecule has 7 nitrogen and oxygen atoms in total. The summed E-state index contributed by atoms with van der Waals surface area (Å²) in [5.41, 5.74) is 0. The van der Waals surface area contributed by atoms with E-state index in [2.05, 4.69) is 29.5 Å². The number of hydrogen-bond donors (Lipinski definition) is 2. The second-order valence-electron chi connectivity index (χ2n) is 5.82. The molecule has 1 saturated heterocycles. The Morgan fingerprint density at radius 1 is 1.32 bits per heavy atom. The minimum atomic E-state index is -3.01. The molecule has 1 rings (SSSR count). The van der Waals surface area contributed by atoms with Crippen molar-refractivity contribution < 1.29 is 13.2 Å². The van der Waals surface area contributed by atoms with Gasteiger partial charge < -0.3 is 15.4 Å². The molecule has 0 aliphatic carbocycles. The lowest BCUT2D eigenvalue weighted by Gasteiger charge is -2.16. The molecule has 0 radical (unpaired) electrons. The van der Waals surface area contributed by atoms with Crippen LogP contribution < -0.4 is 10.6 Å². The molecule has 0 aromatic heterocycles. The summed E-state index contributed by atoms with van der Waals surface area (Å²) in [4.78, 5) is 4.12. The topological polar surface area (TPSA) is 83.0 Å². The van der Waals surface area contributed by atoms with Gasteiger partial charge in [-0.15, -0.1) is 0 Å². The third kappa shape index (κ3) is 7.42. The molecule has 0 aromatic carbocycles. The van der Waals surface area contributed by atoms with Gasteiger partial charge in [0.2, 0.25) is 10.0 Å². The standard InChI is InChI=1S/C14H30N4O3S/c1-13(2)12-21-10-4-6-16-14(15-3)17-7-9-18-8-5-11-22(18,19)20/h13H,4-12H2,1-3H3,(H2,15,16,17). The molecule has 2 N–H and O–H groups in total. The molecule has 22 heavy (non-hydrogen) atoms. The first kappa shape index (κ1) is 19.2. The van der Waals surface area contributed by atoms with Crippen LogP contribution in [0.4, 0.5) is 0 Å². The van der Waals surface area contributed by atoms with E-state index in [9.17, 15) is 8.42 Å². The molecular formula is C14H30N4O3S. The monoisotopic (exact) mass is 334 g/mol. The second kappa shape index (κ2) is 10.0. The normalized spacial score (nSPS) is 18.8. The molecule has 8 heteroatoms. The lowest BCUT2D eigenvalue weighted by atomic mass is 10.2. The summed E-state index contributed by atoms with van der Waals surface area (Å²) >= 11 is 0. The fraction of sp³-hybridized carbons (Fsp3) is 0.929. The molecule has 1 heterocycles. The van der Waals surface area contributed by atoms with Crippen molar-refractivity contribution in [3.63, 3.8) is 0 Å². The highest BCUT2D eigenvalue weighted by Crippen LogP contribution is 2.11. The molecular weight excluding hydrogens is 304 g/mol. The van der Waals surface area contributed by atoms with Gasteiger partial charge in [-0.25, -0.2) is 12.7 Å². The molecule has 1 aliphatic heterocycles. The molecule has 0 aromatic rings. The van der Waals surface area contributed by atoms with Gasteiger partial charge in [-0.05, 0) is 18.8 Å². The zero-order valence-corrected chi connectivity index (χ0v) is 14.8. The van der Waals surface area contributed by atoms with Gasteiger partial charge in [-0.3, -0.25) is 4.99 Å². The van der Waals surface area contributed by atoms with E-state index in [1.165, 1.54) is 4.31 Å². The Balaban J connectivity index is 2.10. The highest BCUT2D eigenvalue weighted by Gasteiger charge is 2.27. The smallest absolute Gasteiger partial charge is 0.214 e. The van der Waals surface area contributed by atoms with Gasteiger partial charge in [-0.1, -0.05) is 13.8 Å². The average molecular weight is 334 g/mol. The fourth-order valence-corrected chi connectivity index (χ4v) is 3.69. The summed E-state index contributed by atoms with van der Waals surface area (Å²) in [5, 5.41) is 6.33. The van der Waals surface area contributed by atoms with Crippen LogP contribution in [0.25, 0.3) is 0 Å². The summed E-state index contributed by atoms with van der Waals surface area (Å²) in [6.45, 7) is 8.23. The van der Waals surface area contributed by atoms with E-state index in [1.807, 2.05) is 0 Å². The van der Waals surface area contributed by atoms with E-state index >= 15 is 0 Å². The van der Waals surface area contributed by atoms with E-state index in [-0.39, 0.29) is 5.75 Å². The predicted octanol–water partition coefficient (Wildman–Crippen LogP) is 0.250. The minimum Gasteiger partial charge on any atom is -0.381 e. The Hall–Kier alpha value is -0.860. The first-order chi connectivity index (χ1) is 10.5. The van der Waals surface area contributed by atoms with Crippen molar-refractivity contribution in [2.45, 2.75) is 26.7 Å². The maximum Gasteiger partial charge on any atom is 0.214 e. The third-order valence-electron chi connectivity index (χ3n) is 3.29. The van der Waals surface area contributed by atoms with Gasteiger partial charge in [0.1, 0.15) is 0 Å². The minimum absolute atomic E-state index is 0.274. The van der Waals surface area contributed by atoms with Crippen LogP contribution in [-0.4, -0.2) is 70.9 Å². The van der Waals surface area contributed by atoms with Crippen LogP contribution in [0.1, 0.15) is 26.7 Å². The van der Waals surface area contributed by atoms with E-state index < -0.39 is 10.0 Å². The maximum atomic E-state index is 11.7. The highest BCUT2D eigenvalue weighted by molar-refractivity contribution is 7.89. The Labute approximate surface area is 134 Å². The Bertz CT molecular complexity index is 437. The van der Waals surface area contributed by atoms with Crippen molar-refractivity contribution >= 4 is 16.0 Å². The number of sulfonamides is 1. The largest absolute Gasteiger partial charge is 0.381 e. The predicted molar refractivity (Wildman–Crippen MR) is 89.6 cm³/mol. The quantitative estimate of drug-likeness (QED) is 0.359. The van der Waals surface area contributed by atoms with Crippen LogP contribution >= 0.6 is 0 Å². The zero-order chi connectivity index (χ0) is 16.4. The van der Waals surface area contributed by atoms with Crippen LogP contribution in [0.15, 0.2) is 4.99 Å². The maximum absolute atomic E-state index is 11.7. The van der Waals surface area contributed by atoms with Crippen molar-refractivity contribution in [1.82, 2.24) is 14.9 Å². The van der Waals surface area contributed by atoms with Crippen LogP contribution in [0.2, 0.25) is 0 Å². The summed E-state index contributed by atoms with van der Waals surface area (Å²) in [7, 11) is -1.30. The van der Waals surface area contributed by atoms with Gasteiger partial charge in [0.15, 0.2) is 5.96 Å². The number of ether oxygens (including phenoxy) is 1. The van der Waals surface area contributed by atoms with Gasteiger partial charge >= 0.3 is 0 Å². The van der Waals surface area contributed by atoms with Gasteiger partial charge in [0, 0.05) is 46.4 Å². The molecule has 0 bridgehead atoms. The first-order valence-corrected chi connectivity index (χ1v) is 9.56. The van der Waals surface area contributed by atoms with Gasteiger partial charge in [0.25, 0.3) is 0 Å². The molecule has 130 valence electrons. The van der Waals surface area contributed by atoms with E-state index in [0.29, 0.717) is 31.5 Å². The summed E-state index contributed by atoms with van der Waals surface area (Å²) in [5.74, 6) is 1.53. The van der Waals surface area contributed by atoms with Crippen LogP contribution in [0.5, 0.6) is 0 Å².